The Hall–Kier alpha value is -3.19. The summed E-state index contributed by atoms with van der Waals surface area (Å²) >= 11 is 5.85. The summed E-state index contributed by atoms with van der Waals surface area (Å²) in [5, 5.41) is 5.40. The molecule has 0 radical (unpaired) electrons. The van der Waals surface area contributed by atoms with E-state index in [0.29, 0.717) is 10.6 Å². The van der Waals surface area contributed by atoms with Crippen molar-refractivity contribution in [3.8, 4) is 0 Å². The third-order valence-electron chi connectivity index (χ3n) is 5.03. The molecule has 0 aromatic heterocycles. The van der Waals surface area contributed by atoms with Crippen molar-refractivity contribution in [3.63, 3.8) is 0 Å². The Kier molecular flexibility index (Phi) is 7.78. The zero-order valence-corrected chi connectivity index (χ0v) is 17.6. The second-order valence-electron chi connectivity index (χ2n) is 7.31. The summed E-state index contributed by atoms with van der Waals surface area (Å²) in [7, 11) is 0. The Bertz CT molecular complexity index is 968. The standard InChI is InChI=1S/C23H23ClN2O5/c24-16-12-10-15(11-13-16)21(28)18-8-4-5-9-19(18)22(29)31-14-20(27)26-23(30)25-17-6-2-1-3-7-17/h4-5,8-13,17H,1-3,6-7,14H2,(H2,25,26,27,30). The molecule has 0 bridgehead atoms. The fraction of sp³-hybridized carbons (Fsp3) is 0.304. The first-order chi connectivity index (χ1) is 14.9. The van der Waals surface area contributed by atoms with Crippen LogP contribution in [0.25, 0.3) is 0 Å². The van der Waals surface area contributed by atoms with Crippen LogP contribution in [0, 0.1) is 0 Å². The molecule has 2 N–H and O–H groups in total. The van der Waals surface area contributed by atoms with E-state index in [1.165, 1.54) is 12.1 Å². The minimum Gasteiger partial charge on any atom is -0.452 e. The van der Waals surface area contributed by atoms with E-state index in [1.54, 1.807) is 36.4 Å². The maximum atomic E-state index is 12.8. The lowest BCUT2D eigenvalue weighted by Gasteiger charge is -2.22. The molecule has 0 aliphatic heterocycles. The van der Waals surface area contributed by atoms with Crippen molar-refractivity contribution < 1.29 is 23.9 Å². The summed E-state index contributed by atoms with van der Waals surface area (Å²) in [4.78, 5) is 49.2. The molecule has 0 atom stereocenters. The summed E-state index contributed by atoms with van der Waals surface area (Å²) in [5.74, 6) is -1.95. The molecule has 1 saturated carbocycles. The molecule has 7 nitrogen and oxygen atoms in total. The number of benzene rings is 2. The molecule has 3 rings (SSSR count). The topological polar surface area (TPSA) is 102 Å². The molecule has 162 valence electrons. The SMILES string of the molecule is O=C(COC(=O)c1ccccc1C(=O)c1ccc(Cl)cc1)NC(=O)NC1CCCCC1. The van der Waals surface area contributed by atoms with Crippen LogP contribution in [0.5, 0.6) is 0 Å². The number of imide groups is 1. The summed E-state index contributed by atoms with van der Waals surface area (Å²) in [5.41, 5.74) is 0.536. The van der Waals surface area contributed by atoms with Crippen molar-refractivity contribution in [3.05, 3.63) is 70.2 Å². The number of ether oxygens (including phenoxy) is 1. The Balaban J connectivity index is 1.56. The highest BCUT2D eigenvalue weighted by atomic mass is 35.5. The molecule has 2 aromatic rings. The van der Waals surface area contributed by atoms with Crippen LogP contribution in [0.4, 0.5) is 4.79 Å². The number of esters is 1. The average molecular weight is 443 g/mol. The zero-order chi connectivity index (χ0) is 22.2. The highest BCUT2D eigenvalue weighted by Gasteiger charge is 2.21. The van der Waals surface area contributed by atoms with E-state index in [9.17, 15) is 19.2 Å². The van der Waals surface area contributed by atoms with Gasteiger partial charge in [-0.25, -0.2) is 9.59 Å². The number of rotatable bonds is 6. The van der Waals surface area contributed by atoms with E-state index < -0.39 is 24.5 Å². The number of amides is 3. The molecule has 3 amide bonds. The smallest absolute Gasteiger partial charge is 0.339 e. The van der Waals surface area contributed by atoms with Crippen molar-refractivity contribution in [1.82, 2.24) is 10.6 Å². The van der Waals surface area contributed by atoms with E-state index in [-0.39, 0.29) is 23.0 Å². The molecule has 0 spiro atoms. The van der Waals surface area contributed by atoms with Crippen molar-refractivity contribution in [2.75, 3.05) is 6.61 Å². The van der Waals surface area contributed by atoms with Gasteiger partial charge < -0.3 is 10.1 Å². The lowest BCUT2D eigenvalue weighted by molar-refractivity contribution is -0.123. The highest BCUT2D eigenvalue weighted by Crippen LogP contribution is 2.18. The van der Waals surface area contributed by atoms with Gasteiger partial charge in [0.15, 0.2) is 12.4 Å². The van der Waals surface area contributed by atoms with Crippen LogP contribution in [0.2, 0.25) is 5.02 Å². The number of nitrogens with one attached hydrogen (secondary N) is 2. The largest absolute Gasteiger partial charge is 0.452 e. The van der Waals surface area contributed by atoms with Crippen LogP contribution in [0.1, 0.15) is 58.4 Å². The fourth-order valence-electron chi connectivity index (χ4n) is 3.46. The van der Waals surface area contributed by atoms with Gasteiger partial charge in [-0.15, -0.1) is 0 Å². The second kappa shape index (κ2) is 10.7. The van der Waals surface area contributed by atoms with Gasteiger partial charge in [-0.1, -0.05) is 49.1 Å². The predicted octanol–water partition coefficient (Wildman–Crippen LogP) is 3.89. The van der Waals surface area contributed by atoms with Crippen LogP contribution in [0.15, 0.2) is 48.5 Å². The second-order valence-corrected chi connectivity index (χ2v) is 7.75. The quantitative estimate of drug-likeness (QED) is 0.522. The van der Waals surface area contributed by atoms with Gasteiger partial charge in [0.25, 0.3) is 5.91 Å². The van der Waals surface area contributed by atoms with Gasteiger partial charge in [0.2, 0.25) is 0 Å². The number of hydrogen-bond donors (Lipinski definition) is 2. The molecule has 8 heteroatoms. The minimum absolute atomic E-state index is 0.0295. The lowest BCUT2D eigenvalue weighted by atomic mass is 9.96. The fourth-order valence-corrected chi connectivity index (χ4v) is 3.58. The Morgan fingerprint density at radius 3 is 2.23 bits per heavy atom. The number of urea groups is 1. The lowest BCUT2D eigenvalue weighted by Crippen LogP contribution is -2.46. The molecule has 2 aromatic carbocycles. The van der Waals surface area contributed by atoms with Crippen LogP contribution in [-0.4, -0.2) is 36.3 Å². The molecular formula is C23H23ClN2O5. The molecule has 0 heterocycles. The first-order valence-electron chi connectivity index (χ1n) is 10.1. The summed E-state index contributed by atoms with van der Waals surface area (Å²) in [6, 6.07) is 11.9. The Labute approximate surface area is 185 Å². The normalized spacial score (nSPS) is 13.8. The van der Waals surface area contributed by atoms with E-state index in [4.69, 9.17) is 16.3 Å². The maximum Gasteiger partial charge on any atom is 0.339 e. The number of halogens is 1. The summed E-state index contributed by atoms with van der Waals surface area (Å²) in [6.45, 7) is -0.639. The van der Waals surface area contributed by atoms with Crippen LogP contribution < -0.4 is 10.6 Å². The van der Waals surface area contributed by atoms with Gasteiger partial charge in [0.1, 0.15) is 0 Å². The number of hydrogen-bond acceptors (Lipinski definition) is 5. The van der Waals surface area contributed by atoms with Gasteiger partial charge in [0.05, 0.1) is 5.56 Å². The van der Waals surface area contributed by atoms with Gasteiger partial charge in [-0.3, -0.25) is 14.9 Å². The van der Waals surface area contributed by atoms with Crippen molar-refractivity contribution in [1.29, 1.82) is 0 Å². The predicted molar refractivity (Wildman–Crippen MR) is 115 cm³/mol. The van der Waals surface area contributed by atoms with E-state index in [0.717, 1.165) is 32.1 Å². The summed E-state index contributed by atoms with van der Waals surface area (Å²) < 4.78 is 5.02. The number of ketones is 1. The molecule has 1 fully saturated rings. The summed E-state index contributed by atoms with van der Waals surface area (Å²) in [6.07, 6.45) is 5.01. The van der Waals surface area contributed by atoms with Gasteiger partial charge in [-0.05, 0) is 43.2 Å². The molecule has 0 unspecified atom stereocenters. The molecule has 31 heavy (non-hydrogen) atoms. The monoisotopic (exact) mass is 442 g/mol. The van der Waals surface area contributed by atoms with Crippen LogP contribution in [0.3, 0.4) is 0 Å². The van der Waals surface area contributed by atoms with E-state index in [1.807, 2.05) is 0 Å². The first-order valence-corrected chi connectivity index (χ1v) is 10.5. The van der Waals surface area contributed by atoms with Crippen LogP contribution >= 0.6 is 11.6 Å². The van der Waals surface area contributed by atoms with E-state index in [2.05, 4.69) is 10.6 Å². The average Bonchev–Trinajstić information content (AvgIpc) is 2.78. The van der Waals surface area contributed by atoms with Gasteiger partial charge in [0, 0.05) is 22.2 Å². The molecule has 1 aliphatic rings. The van der Waals surface area contributed by atoms with E-state index >= 15 is 0 Å². The number of carbonyl (C=O) groups excluding carboxylic acids is 4. The van der Waals surface area contributed by atoms with Crippen molar-refractivity contribution >= 4 is 35.3 Å². The Morgan fingerprint density at radius 1 is 0.903 bits per heavy atom. The van der Waals surface area contributed by atoms with Gasteiger partial charge in [-0.2, -0.15) is 0 Å². The van der Waals surface area contributed by atoms with Crippen molar-refractivity contribution in [2.45, 2.75) is 38.1 Å². The zero-order valence-electron chi connectivity index (χ0n) is 16.9. The minimum atomic E-state index is -0.833. The highest BCUT2D eigenvalue weighted by molar-refractivity contribution is 6.30. The van der Waals surface area contributed by atoms with Crippen LogP contribution in [-0.2, 0) is 9.53 Å². The van der Waals surface area contributed by atoms with Gasteiger partial charge >= 0.3 is 12.0 Å². The number of carbonyl (C=O) groups is 4. The van der Waals surface area contributed by atoms with Crippen molar-refractivity contribution in [2.24, 2.45) is 0 Å². The Morgan fingerprint density at radius 2 is 1.55 bits per heavy atom. The third-order valence-corrected chi connectivity index (χ3v) is 5.28. The first kappa shape index (κ1) is 22.5. The maximum absolute atomic E-state index is 12.8. The molecular weight excluding hydrogens is 420 g/mol. The third kappa shape index (κ3) is 6.39. The molecule has 1 aliphatic carbocycles. The molecule has 0 saturated heterocycles.